The first-order valence-corrected chi connectivity index (χ1v) is 9.45. The lowest BCUT2D eigenvalue weighted by atomic mass is 9.97. The highest BCUT2D eigenvalue weighted by Gasteiger charge is 2.21. The molecule has 144 valence electrons. The van der Waals surface area contributed by atoms with Gasteiger partial charge in [-0.3, -0.25) is 9.52 Å². The summed E-state index contributed by atoms with van der Waals surface area (Å²) in [6, 6.07) is 7.40. The smallest absolute Gasteiger partial charge is 0.337 e. The number of nitrogens with one attached hydrogen (secondary N) is 1. The molecule has 2 aromatic carbocycles. The molecular weight excluding hydrogens is 372 g/mol. The van der Waals surface area contributed by atoms with Gasteiger partial charge in [0.05, 0.1) is 16.1 Å². The molecule has 0 spiro atoms. The number of aromatic carboxylic acids is 1. The molecular formula is C18H20N2O6S. The van der Waals surface area contributed by atoms with Gasteiger partial charge in [-0.25, -0.2) is 13.2 Å². The van der Waals surface area contributed by atoms with E-state index in [0.29, 0.717) is 16.7 Å². The Morgan fingerprint density at radius 1 is 1.11 bits per heavy atom. The fourth-order valence-electron chi connectivity index (χ4n) is 2.70. The second-order valence-electron chi connectivity index (χ2n) is 6.14. The summed E-state index contributed by atoms with van der Waals surface area (Å²) < 4.78 is 27.7. The van der Waals surface area contributed by atoms with Crippen LogP contribution in [0.25, 0.3) is 0 Å². The second-order valence-corrected chi connectivity index (χ2v) is 7.82. The Labute approximate surface area is 156 Å². The first-order chi connectivity index (χ1) is 12.5. The maximum atomic E-state index is 12.7. The Hall–Kier alpha value is -2.91. The first-order valence-electron chi connectivity index (χ1n) is 7.96. The van der Waals surface area contributed by atoms with Crippen molar-refractivity contribution < 1.29 is 28.2 Å². The van der Waals surface area contributed by atoms with E-state index in [2.05, 4.69) is 4.72 Å². The molecule has 0 aliphatic heterocycles. The Morgan fingerprint density at radius 2 is 1.67 bits per heavy atom. The van der Waals surface area contributed by atoms with Crippen LogP contribution in [0.4, 0.5) is 5.69 Å². The van der Waals surface area contributed by atoms with Crippen molar-refractivity contribution in [3.05, 3.63) is 58.7 Å². The Bertz CT molecular complexity index is 978. The largest absolute Gasteiger partial charge is 0.480 e. The number of rotatable bonds is 7. The maximum Gasteiger partial charge on any atom is 0.337 e. The summed E-state index contributed by atoms with van der Waals surface area (Å²) in [5, 5.41) is 18.2. The lowest BCUT2D eigenvalue weighted by Gasteiger charge is -2.16. The highest BCUT2D eigenvalue weighted by Crippen LogP contribution is 2.24. The molecule has 0 heterocycles. The lowest BCUT2D eigenvalue weighted by Crippen LogP contribution is -2.32. The molecule has 0 aliphatic carbocycles. The summed E-state index contributed by atoms with van der Waals surface area (Å²) in [6.07, 6.45) is 0.0720. The summed E-state index contributed by atoms with van der Waals surface area (Å²) in [7, 11) is -4.04. The zero-order valence-electron chi connectivity index (χ0n) is 14.8. The quantitative estimate of drug-likeness (QED) is 0.561. The van der Waals surface area contributed by atoms with Crippen LogP contribution in [-0.4, -0.2) is 36.6 Å². The summed E-state index contributed by atoms with van der Waals surface area (Å²) in [5.74, 6) is -2.39. The van der Waals surface area contributed by atoms with Gasteiger partial charge < -0.3 is 15.9 Å². The number of aliphatic carboxylic acids is 1. The van der Waals surface area contributed by atoms with Gasteiger partial charge in [-0.15, -0.1) is 0 Å². The number of aryl methyl sites for hydroxylation is 2. The number of anilines is 1. The van der Waals surface area contributed by atoms with Crippen molar-refractivity contribution in [1.82, 2.24) is 0 Å². The van der Waals surface area contributed by atoms with Crippen LogP contribution in [0.3, 0.4) is 0 Å². The van der Waals surface area contributed by atoms with Gasteiger partial charge in [-0.2, -0.15) is 0 Å². The van der Waals surface area contributed by atoms with Gasteiger partial charge in [0.2, 0.25) is 0 Å². The van der Waals surface area contributed by atoms with Gasteiger partial charge in [-0.1, -0.05) is 12.1 Å². The zero-order valence-corrected chi connectivity index (χ0v) is 15.6. The lowest BCUT2D eigenvalue weighted by molar-refractivity contribution is -0.138. The Kier molecular flexibility index (Phi) is 5.87. The van der Waals surface area contributed by atoms with Crippen molar-refractivity contribution in [1.29, 1.82) is 0 Å². The van der Waals surface area contributed by atoms with Crippen LogP contribution in [0.2, 0.25) is 0 Å². The van der Waals surface area contributed by atoms with Gasteiger partial charge in [0.15, 0.2) is 0 Å². The van der Waals surface area contributed by atoms with Crippen LogP contribution in [-0.2, 0) is 21.2 Å². The van der Waals surface area contributed by atoms with E-state index >= 15 is 0 Å². The summed E-state index contributed by atoms with van der Waals surface area (Å²) in [6.45, 7) is 3.34. The average molecular weight is 392 g/mol. The molecule has 0 aromatic heterocycles. The fraction of sp³-hybridized carbons (Fsp3) is 0.222. The van der Waals surface area contributed by atoms with Gasteiger partial charge in [-0.05, 0) is 61.2 Å². The van der Waals surface area contributed by atoms with Gasteiger partial charge >= 0.3 is 11.9 Å². The third-order valence-corrected chi connectivity index (χ3v) is 5.47. The van der Waals surface area contributed by atoms with E-state index in [1.54, 1.807) is 13.8 Å². The standard InChI is InChI=1S/C18H20N2O6S/c1-10-7-12(8-11(2)14(10)9-15(19)18(23)24)27(25,26)20-16-6-4-3-5-13(16)17(21)22/h3-8,15,20H,9,19H2,1-2H3,(H,21,22)(H,23,24)/t15-/m0/s1. The minimum absolute atomic E-state index is 0.0442. The summed E-state index contributed by atoms with van der Waals surface area (Å²) in [5.41, 5.74) is 7.19. The van der Waals surface area contributed by atoms with E-state index in [1.807, 2.05) is 0 Å². The molecule has 9 heteroatoms. The van der Waals surface area contributed by atoms with E-state index in [1.165, 1.54) is 36.4 Å². The van der Waals surface area contributed by atoms with Crippen LogP contribution in [0.15, 0.2) is 41.3 Å². The number of nitrogens with two attached hydrogens (primary N) is 1. The SMILES string of the molecule is Cc1cc(S(=O)(=O)Nc2ccccc2C(=O)O)cc(C)c1C[C@H](N)C(=O)O. The van der Waals surface area contributed by atoms with Crippen LogP contribution in [0.1, 0.15) is 27.0 Å². The monoisotopic (exact) mass is 392 g/mol. The number of hydrogen-bond donors (Lipinski definition) is 4. The molecule has 27 heavy (non-hydrogen) atoms. The van der Waals surface area contributed by atoms with Crippen LogP contribution in [0, 0.1) is 13.8 Å². The predicted molar refractivity (Wildman–Crippen MR) is 99.4 cm³/mol. The Morgan fingerprint density at radius 3 is 2.19 bits per heavy atom. The third kappa shape index (κ3) is 4.63. The van der Waals surface area contributed by atoms with E-state index in [-0.39, 0.29) is 22.6 Å². The van der Waals surface area contributed by atoms with E-state index in [4.69, 9.17) is 10.8 Å². The third-order valence-electron chi connectivity index (χ3n) is 4.12. The predicted octanol–water partition coefficient (Wildman–Crippen LogP) is 1.76. The molecule has 0 fully saturated rings. The molecule has 0 saturated carbocycles. The number of carboxylic acids is 2. The molecule has 0 aliphatic rings. The maximum absolute atomic E-state index is 12.7. The van der Waals surface area contributed by atoms with Crippen LogP contribution in [0.5, 0.6) is 0 Å². The number of carboxylic acid groups (broad SMARTS) is 2. The zero-order chi connectivity index (χ0) is 20.4. The number of benzene rings is 2. The molecule has 0 unspecified atom stereocenters. The highest BCUT2D eigenvalue weighted by atomic mass is 32.2. The van der Waals surface area contributed by atoms with Crippen molar-refractivity contribution in [2.24, 2.45) is 5.73 Å². The molecule has 5 N–H and O–H groups in total. The van der Waals surface area contributed by atoms with Gasteiger partial charge in [0, 0.05) is 0 Å². The second kappa shape index (κ2) is 7.77. The van der Waals surface area contributed by atoms with Crippen LogP contribution >= 0.6 is 0 Å². The van der Waals surface area contributed by atoms with Crippen molar-refractivity contribution in [2.75, 3.05) is 4.72 Å². The molecule has 0 saturated heterocycles. The number of para-hydroxylation sites is 1. The number of carbonyl (C=O) groups is 2. The average Bonchev–Trinajstić information content (AvgIpc) is 2.57. The number of hydrogen-bond acceptors (Lipinski definition) is 5. The Balaban J connectivity index is 2.40. The van der Waals surface area contributed by atoms with Crippen molar-refractivity contribution >= 4 is 27.6 Å². The molecule has 8 nitrogen and oxygen atoms in total. The van der Waals surface area contributed by atoms with Gasteiger partial charge in [0.25, 0.3) is 10.0 Å². The molecule has 0 amide bonds. The minimum atomic E-state index is -4.04. The van der Waals surface area contributed by atoms with E-state index in [9.17, 15) is 23.1 Å². The molecule has 0 bridgehead atoms. The van der Waals surface area contributed by atoms with Crippen molar-refractivity contribution in [2.45, 2.75) is 31.2 Å². The topological polar surface area (TPSA) is 147 Å². The van der Waals surface area contributed by atoms with Gasteiger partial charge in [0.1, 0.15) is 6.04 Å². The van der Waals surface area contributed by atoms with Crippen molar-refractivity contribution in [3.63, 3.8) is 0 Å². The minimum Gasteiger partial charge on any atom is -0.480 e. The fourth-order valence-corrected chi connectivity index (χ4v) is 3.95. The van der Waals surface area contributed by atoms with E-state index < -0.39 is 28.0 Å². The van der Waals surface area contributed by atoms with Crippen molar-refractivity contribution in [3.8, 4) is 0 Å². The molecule has 0 radical (unpaired) electrons. The van der Waals surface area contributed by atoms with E-state index in [0.717, 1.165) is 0 Å². The summed E-state index contributed by atoms with van der Waals surface area (Å²) >= 11 is 0. The molecule has 2 aromatic rings. The summed E-state index contributed by atoms with van der Waals surface area (Å²) in [4.78, 5) is 22.2. The molecule has 2 rings (SSSR count). The molecule has 1 atom stereocenters. The highest BCUT2D eigenvalue weighted by molar-refractivity contribution is 7.92. The first kappa shape index (κ1) is 20.4. The van der Waals surface area contributed by atoms with Crippen LogP contribution < -0.4 is 10.5 Å². The normalized spacial score (nSPS) is 12.4. The number of sulfonamides is 1.